The highest BCUT2D eigenvalue weighted by Crippen LogP contribution is 2.33. The summed E-state index contributed by atoms with van der Waals surface area (Å²) in [5, 5.41) is 5.50. The lowest BCUT2D eigenvalue weighted by molar-refractivity contribution is 0.618. The minimum absolute atomic E-state index is 0.155. The second-order valence-corrected chi connectivity index (χ2v) is 5.19. The molecule has 106 valence electrons. The minimum atomic E-state index is -0.406. The monoisotopic (exact) mass is 300 g/mol. The number of halogens is 2. The van der Waals surface area contributed by atoms with E-state index in [-0.39, 0.29) is 11.1 Å². The van der Waals surface area contributed by atoms with Crippen LogP contribution in [0.3, 0.4) is 0 Å². The molecule has 3 rings (SSSR count). The summed E-state index contributed by atoms with van der Waals surface area (Å²) >= 11 is 6.14. The number of hydrogen-bond acceptors (Lipinski definition) is 2. The largest absolute Gasteiger partial charge is 0.309 e. The Labute approximate surface area is 127 Å². The minimum Gasteiger partial charge on any atom is -0.309 e. The van der Waals surface area contributed by atoms with E-state index in [1.165, 1.54) is 6.07 Å². The summed E-state index contributed by atoms with van der Waals surface area (Å²) in [4.78, 5) is 4.14. The third kappa shape index (κ3) is 2.50. The number of nitrogens with zero attached hydrogens (tertiary/aromatic N) is 1. The van der Waals surface area contributed by atoms with Gasteiger partial charge in [0.25, 0.3) is 0 Å². The molecule has 1 aromatic heterocycles. The molecule has 2 nitrogen and oxygen atoms in total. The van der Waals surface area contributed by atoms with Crippen LogP contribution in [0.5, 0.6) is 0 Å². The lowest BCUT2D eigenvalue weighted by atomic mass is 9.94. The smallest absolute Gasteiger partial charge is 0.142 e. The molecule has 0 saturated carbocycles. The fourth-order valence-corrected chi connectivity index (χ4v) is 2.86. The van der Waals surface area contributed by atoms with Crippen LogP contribution >= 0.6 is 11.6 Å². The molecule has 2 aromatic carbocycles. The van der Waals surface area contributed by atoms with Crippen molar-refractivity contribution in [3.05, 3.63) is 76.8 Å². The van der Waals surface area contributed by atoms with Crippen LogP contribution < -0.4 is 5.32 Å². The average Bonchev–Trinajstić information content (AvgIpc) is 2.52. The van der Waals surface area contributed by atoms with Crippen LogP contribution in [0.2, 0.25) is 5.02 Å². The van der Waals surface area contributed by atoms with Gasteiger partial charge in [-0.1, -0.05) is 41.9 Å². The Balaban J connectivity index is 2.21. The van der Waals surface area contributed by atoms with E-state index in [1.54, 1.807) is 12.3 Å². The van der Waals surface area contributed by atoms with Gasteiger partial charge in [-0.25, -0.2) is 4.39 Å². The van der Waals surface area contributed by atoms with Crippen molar-refractivity contribution in [1.82, 2.24) is 10.3 Å². The molecule has 0 aliphatic carbocycles. The zero-order chi connectivity index (χ0) is 14.8. The Kier molecular flexibility index (Phi) is 3.86. The average molecular weight is 301 g/mol. The summed E-state index contributed by atoms with van der Waals surface area (Å²) in [6, 6.07) is 12.7. The number of benzene rings is 2. The van der Waals surface area contributed by atoms with Gasteiger partial charge in [-0.15, -0.1) is 0 Å². The maximum atomic E-state index is 13.7. The van der Waals surface area contributed by atoms with Gasteiger partial charge in [-0.2, -0.15) is 0 Å². The molecule has 1 atom stereocenters. The summed E-state index contributed by atoms with van der Waals surface area (Å²) in [5.41, 5.74) is 1.77. The first-order valence-corrected chi connectivity index (χ1v) is 7.04. The molecule has 0 radical (unpaired) electrons. The standard InChI is InChI=1S/C17H14ClFN2/c1-20-17(14-6-3-7-15(19)16(14)18)13-5-2-4-11-10-21-9-8-12(11)13/h2-10,17,20H,1H3. The van der Waals surface area contributed by atoms with Gasteiger partial charge in [0.1, 0.15) is 5.82 Å². The molecule has 3 aromatic rings. The fourth-order valence-electron chi connectivity index (χ4n) is 2.62. The van der Waals surface area contributed by atoms with Crippen molar-refractivity contribution >= 4 is 22.4 Å². The quantitative estimate of drug-likeness (QED) is 0.778. The lowest BCUT2D eigenvalue weighted by Gasteiger charge is -2.20. The van der Waals surface area contributed by atoms with Gasteiger partial charge >= 0.3 is 0 Å². The van der Waals surface area contributed by atoms with E-state index in [0.717, 1.165) is 21.9 Å². The Hall–Kier alpha value is -1.97. The second-order valence-electron chi connectivity index (χ2n) is 4.81. The summed E-state index contributed by atoms with van der Waals surface area (Å²) < 4.78 is 13.7. The topological polar surface area (TPSA) is 24.9 Å². The van der Waals surface area contributed by atoms with Crippen molar-refractivity contribution in [3.8, 4) is 0 Å². The van der Waals surface area contributed by atoms with Crippen LogP contribution in [0.25, 0.3) is 10.8 Å². The molecule has 0 spiro atoms. The molecular formula is C17H14ClFN2. The van der Waals surface area contributed by atoms with Gasteiger partial charge in [-0.05, 0) is 35.7 Å². The zero-order valence-corrected chi connectivity index (χ0v) is 12.2. The van der Waals surface area contributed by atoms with Gasteiger partial charge in [0.2, 0.25) is 0 Å². The highest BCUT2D eigenvalue weighted by Gasteiger charge is 2.19. The SMILES string of the molecule is CNC(c1cccc(F)c1Cl)c1cccc2cnccc12. The third-order valence-electron chi connectivity index (χ3n) is 3.61. The Morgan fingerprint density at radius 3 is 2.67 bits per heavy atom. The predicted octanol–water partition coefficient (Wildman–Crippen LogP) is 4.34. The Morgan fingerprint density at radius 2 is 1.86 bits per heavy atom. The number of fused-ring (bicyclic) bond motifs is 1. The number of aromatic nitrogens is 1. The Morgan fingerprint density at radius 1 is 1.10 bits per heavy atom. The molecule has 21 heavy (non-hydrogen) atoms. The van der Waals surface area contributed by atoms with Crippen molar-refractivity contribution in [2.45, 2.75) is 6.04 Å². The second kappa shape index (κ2) is 5.80. The maximum absolute atomic E-state index is 13.7. The summed E-state index contributed by atoms with van der Waals surface area (Å²) in [6.07, 6.45) is 3.57. The van der Waals surface area contributed by atoms with E-state index in [9.17, 15) is 4.39 Å². The number of hydrogen-bond donors (Lipinski definition) is 1. The maximum Gasteiger partial charge on any atom is 0.142 e. The van der Waals surface area contributed by atoms with Crippen LogP contribution in [0.15, 0.2) is 54.9 Å². The first-order chi connectivity index (χ1) is 10.2. The number of nitrogens with one attached hydrogen (secondary N) is 1. The molecule has 1 N–H and O–H groups in total. The molecule has 1 heterocycles. The van der Waals surface area contributed by atoms with Crippen LogP contribution in [0, 0.1) is 5.82 Å². The van der Waals surface area contributed by atoms with Crippen LogP contribution in [-0.4, -0.2) is 12.0 Å². The molecule has 1 unspecified atom stereocenters. The Bertz CT molecular complexity index is 783. The lowest BCUT2D eigenvalue weighted by Crippen LogP contribution is -2.18. The van der Waals surface area contributed by atoms with Crippen molar-refractivity contribution in [1.29, 1.82) is 0 Å². The molecule has 0 amide bonds. The van der Waals surface area contributed by atoms with E-state index in [0.29, 0.717) is 0 Å². The van der Waals surface area contributed by atoms with Gasteiger partial charge in [0, 0.05) is 17.8 Å². The molecule has 0 saturated heterocycles. The van der Waals surface area contributed by atoms with Gasteiger partial charge in [0.05, 0.1) is 11.1 Å². The highest BCUT2D eigenvalue weighted by molar-refractivity contribution is 6.31. The number of pyridine rings is 1. The summed E-state index contributed by atoms with van der Waals surface area (Å²) in [6.45, 7) is 0. The van der Waals surface area contributed by atoms with Crippen molar-refractivity contribution in [2.75, 3.05) is 7.05 Å². The van der Waals surface area contributed by atoms with Crippen molar-refractivity contribution in [2.24, 2.45) is 0 Å². The predicted molar refractivity (Wildman–Crippen MR) is 84.1 cm³/mol. The first-order valence-electron chi connectivity index (χ1n) is 6.66. The zero-order valence-electron chi connectivity index (χ0n) is 11.5. The summed E-state index contributed by atoms with van der Waals surface area (Å²) in [5.74, 6) is -0.406. The molecule has 0 fully saturated rings. The van der Waals surface area contributed by atoms with E-state index in [1.807, 2.05) is 43.6 Å². The molecule has 0 bridgehead atoms. The first kappa shape index (κ1) is 14.0. The molecule has 0 aliphatic heterocycles. The molecule has 4 heteroatoms. The van der Waals surface area contributed by atoms with Crippen LogP contribution in [0.1, 0.15) is 17.2 Å². The van der Waals surface area contributed by atoms with Crippen LogP contribution in [0.4, 0.5) is 4.39 Å². The fraction of sp³-hybridized carbons (Fsp3) is 0.118. The third-order valence-corrected chi connectivity index (χ3v) is 4.01. The van der Waals surface area contributed by atoms with Gasteiger partial charge in [-0.3, -0.25) is 4.98 Å². The van der Waals surface area contributed by atoms with Gasteiger partial charge in [0.15, 0.2) is 0 Å². The molecular weight excluding hydrogens is 287 g/mol. The van der Waals surface area contributed by atoms with E-state index >= 15 is 0 Å². The van der Waals surface area contributed by atoms with Gasteiger partial charge < -0.3 is 5.32 Å². The normalized spacial score (nSPS) is 12.5. The van der Waals surface area contributed by atoms with Crippen molar-refractivity contribution < 1.29 is 4.39 Å². The number of rotatable bonds is 3. The molecule has 0 aliphatic rings. The highest BCUT2D eigenvalue weighted by atomic mass is 35.5. The summed E-state index contributed by atoms with van der Waals surface area (Å²) in [7, 11) is 1.84. The van der Waals surface area contributed by atoms with E-state index in [4.69, 9.17) is 11.6 Å². The van der Waals surface area contributed by atoms with Crippen molar-refractivity contribution in [3.63, 3.8) is 0 Å². The van der Waals surface area contributed by atoms with E-state index < -0.39 is 5.82 Å². The van der Waals surface area contributed by atoms with E-state index in [2.05, 4.69) is 10.3 Å². The van der Waals surface area contributed by atoms with Crippen LogP contribution in [-0.2, 0) is 0 Å².